The van der Waals surface area contributed by atoms with Crippen molar-refractivity contribution in [2.24, 2.45) is 12.0 Å². The fourth-order valence-electron chi connectivity index (χ4n) is 2.55. The molecule has 1 rings (SSSR count). The van der Waals surface area contributed by atoms with E-state index in [1.54, 1.807) is 0 Å². The molecule has 25 heavy (non-hydrogen) atoms. The molecule has 146 valence electrons. The van der Waals surface area contributed by atoms with Gasteiger partial charge in [-0.3, -0.25) is 0 Å². The van der Waals surface area contributed by atoms with E-state index in [0.29, 0.717) is 6.54 Å². The summed E-state index contributed by atoms with van der Waals surface area (Å²) in [6.07, 6.45) is 10.7. The minimum atomic E-state index is 0. The monoisotopic (exact) mass is 464 g/mol. The summed E-state index contributed by atoms with van der Waals surface area (Å²) in [4.78, 5) is 4.60. The summed E-state index contributed by atoms with van der Waals surface area (Å²) >= 11 is 0. The van der Waals surface area contributed by atoms with Crippen LogP contribution in [0.5, 0.6) is 0 Å². The third-order valence-electron chi connectivity index (χ3n) is 4.23. The second-order valence-corrected chi connectivity index (χ2v) is 6.32. The Kier molecular flexibility index (Phi) is 14.9. The average molecular weight is 464 g/mol. The van der Waals surface area contributed by atoms with Gasteiger partial charge in [0.1, 0.15) is 12.4 Å². The smallest absolute Gasteiger partial charge is 0.191 e. The highest BCUT2D eigenvalue weighted by atomic mass is 127. The summed E-state index contributed by atoms with van der Waals surface area (Å²) in [7, 11) is 1.97. The summed E-state index contributed by atoms with van der Waals surface area (Å²) in [5.41, 5.74) is 0. The Labute approximate surface area is 170 Å². The Hall–Kier alpha value is -0.860. The lowest BCUT2D eigenvalue weighted by Crippen LogP contribution is -2.37. The van der Waals surface area contributed by atoms with E-state index < -0.39 is 0 Å². The molecule has 0 radical (unpaired) electrons. The van der Waals surface area contributed by atoms with Crippen LogP contribution in [0.2, 0.25) is 0 Å². The third-order valence-corrected chi connectivity index (χ3v) is 4.23. The first-order chi connectivity index (χ1) is 11.7. The fourth-order valence-corrected chi connectivity index (χ4v) is 2.55. The number of guanidine groups is 1. The number of aromatic nitrogens is 3. The van der Waals surface area contributed by atoms with Crippen LogP contribution in [0.4, 0.5) is 0 Å². The van der Waals surface area contributed by atoms with Gasteiger partial charge in [-0.2, -0.15) is 0 Å². The summed E-state index contributed by atoms with van der Waals surface area (Å²) in [5.74, 6) is 2.66. The van der Waals surface area contributed by atoms with Crippen LogP contribution in [0.3, 0.4) is 0 Å². The van der Waals surface area contributed by atoms with Crippen molar-refractivity contribution in [3.05, 3.63) is 11.6 Å². The summed E-state index contributed by atoms with van der Waals surface area (Å²) < 4.78 is 1.98. The molecule has 0 amide bonds. The Bertz CT molecular complexity index is 472. The van der Waals surface area contributed by atoms with E-state index in [4.69, 9.17) is 0 Å². The standard InChI is InChI=1S/C18H36N6.HI/c1-5-7-8-9-10-11-12-13-14-20-18(19-6-2)21-15-17-23-22-16(3)24(17)4;/h5-15H2,1-4H3,(H2,19,20,21);1H. The van der Waals surface area contributed by atoms with Crippen LogP contribution in [0.1, 0.15) is 76.9 Å². The van der Waals surface area contributed by atoms with Gasteiger partial charge in [-0.25, -0.2) is 4.99 Å². The molecule has 0 saturated heterocycles. The first-order valence-corrected chi connectivity index (χ1v) is 9.56. The molecule has 0 spiro atoms. The Morgan fingerprint density at radius 2 is 1.60 bits per heavy atom. The van der Waals surface area contributed by atoms with Gasteiger partial charge < -0.3 is 15.2 Å². The van der Waals surface area contributed by atoms with Gasteiger partial charge in [0.15, 0.2) is 11.8 Å². The molecule has 0 aliphatic carbocycles. The zero-order valence-electron chi connectivity index (χ0n) is 16.5. The van der Waals surface area contributed by atoms with Gasteiger partial charge in [-0.1, -0.05) is 51.9 Å². The minimum Gasteiger partial charge on any atom is -0.357 e. The number of nitrogens with zero attached hydrogens (tertiary/aromatic N) is 4. The van der Waals surface area contributed by atoms with Crippen molar-refractivity contribution in [2.75, 3.05) is 13.1 Å². The first kappa shape index (κ1) is 24.1. The molecule has 7 heteroatoms. The van der Waals surface area contributed by atoms with Gasteiger partial charge >= 0.3 is 0 Å². The summed E-state index contributed by atoms with van der Waals surface area (Å²) in [6.45, 7) is 8.68. The molecule has 1 aromatic rings. The van der Waals surface area contributed by atoms with E-state index >= 15 is 0 Å². The maximum atomic E-state index is 4.60. The Balaban J connectivity index is 0.00000576. The van der Waals surface area contributed by atoms with Crippen LogP contribution >= 0.6 is 24.0 Å². The fraction of sp³-hybridized carbons (Fsp3) is 0.833. The van der Waals surface area contributed by atoms with Crippen molar-refractivity contribution < 1.29 is 0 Å². The Morgan fingerprint density at radius 3 is 2.16 bits per heavy atom. The van der Waals surface area contributed by atoms with Gasteiger partial charge in [0.2, 0.25) is 0 Å². The molecule has 6 nitrogen and oxygen atoms in total. The molecular weight excluding hydrogens is 427 g/mol. The second kappa shape index (κ2) is 15.4. The van der Waals surface area contributed by atoms with Crippen LogP contribution < -0.4 is 10.6 Å². The SMILES string of the molecule is CCCCCCCCCCNC(=NCc1nnc(C)n1C)NCC.I. The predicted molar refractivity (Wildman–Crippen MR) is 117 cm³/mol. The molecule has 1 heterocycles. The van der Waals surface area contributed by atoms with Crippen LogP contribution in [0.25, 0.3) is 0 Å². The van der Waals surface area contributed by atoms with Crippen LogP contribution in [0, 0.1) is 6.92 Å². The van der Waals surface area contributed by atoms with Crippen molar-refractivity contribution in [3.8, 4) is 0 Å². The Morgan fingerprint density at radius 1 is 0.960 bits per heavy atom. The quantitative estimate of drug-likeness (QED) is 0.213. The van der Waals surface area contributed by atoms with Crippen molar-refractivity contribution in [1.82, 2.24) is 25.4 Å². The maximum absolute atomic E-state index is 4.60. The topological polar surface area (TPSA) is 67.1 Å². The zero-order valence-corrected chi connectivity index (χ0v) is 18.8. The van der Waals surface area contributed by atoms with Gasteiger partial charge in [0, 0.05) is 20.1 Å². The molecule has 0 saturated carbocycles. The van der Waals surface area contributed by atoms with Crippen molar-refractivity contribution in [3.63, 3.8) is 0 Å². The molecule has 0 bridgehead atoms. The molecular formula is C18H37IN6. The van der Waals surface area contributed by atoms with Crippen molar-refractivity contribution >= 4 is 29.9 Å². The molecule has 0 aliphatic heterocycles. The van der Waals surface area contributed by atoms with E-state index in [1.807, 2.05) is 18.5 Å². The van der Waals surface area contributed by atoms with Crippen molar-refractivity contribution in [1.29, 1.82) is 0 Å². The maximum Gasteiger partial charge on any atom is 0.191 e. The highest BCUT2D eigenvalue weighted by Crippen LogP contribution is 2.07. The number of nitrogens with one attached hydrogen (secondary N) is 2. The largest absolute Gasteiger partial charge is 0.357 e. The van der Waals surface area contributed by atoms with E-state index in [0.717, 1.165) is 30.7 Å². The van der Waals surface area contributed by atoms with Crippen LogP contribution in [0.15, 0.2) is 4.99 Å². The van der Waals surface area contributed by atoms with Crippen LogP contribution in [-0.2, 0) is 13.6 Å². The first-order valence-electron chi connectivity index (χ1n) is 9.56. The molecule has 0 atom stereocenters. The normalized spacial score (nSPS) is 11.3. The lowest BCUT2D eigenvalue weighted by molar-refractivity contribution is 0.571. The molecule has 0 unspecified atom stereocenters. The van der Waals surface area contributed by atoms with E-state index in [9.17, 15) is 0 Å². The lowest BCUT2D eigenvalue weighted by atomic mass is 10.1. The number of aliphatic imine (C=N–C) groups is 1. The lowest BCUT2D eigenvalue weighted by Gasteiger charge is -2.11. The minimum absolute atomic E-state index is 0. The molecule has 0 fully saturated rings. The molecule has 1 aromatic heterocycles. The number of halogens is 1. The number of aryl methyl sites for hydroxylation is 1. The van der Waals surface area contributed by atoms with Crippen molar-refractivity contribution in [2.45, 2.75) is 78.7 Å². The van der Waals surface area contributed by atoms with E-state index in [2.05, 4.69) is 39.7 Å². The number of unbranched alkanes of at least 4 members (excludes halogenated alkanes) is 7. The average Bonchev–Trinajstić information content (AvgIpc) is 2.90. The second-order valence-electron chi connectivity index (χ2n) is 6.32. The van der Waals surface area contributed by atoms with E-state index in [1.165, 1.54) is 51.4 Å². The molecule has 0 aliphatic rings. The zero-order chi connectivity index (χ0) is 17.6. The van der Waals surface area contributed by atoms with Crippen LogP contribution in [-0.4, -0.2) is 33.8 Å². The highest BCUT2D eigenvalue weighted by Gasteiger charge is 2.04. The summed E-state index contributed by atoms with van der Waals surface area (Å²) in [6, 6.07) is 0. The van der Waals surface area contributed by atoms with Gasteiger partial charge in [-0.15, -0.1) is 34.2 Å². The van der Waals surface area contributed by atoms with Gasteiger partial charge in [0.05, 0.1) is 0 Å². The highest BCUT2D eigenvalue weighted by molar-refractivity contribution is 14.0. The third kappa shape index (κ3) is 10.7. The number of hydrogen-bond acceptors (Lipinski definition) is 3. The van der Waals surface area contributed by atoms with E-state index in [-0.39, 0.29) is 24.0 Å². The predicted octanol–water partition coefficient (Wildman–Crippen LogP) is 3.94. The van der Waals surface area contributed by atoms with Gasteiger partial charge in [-0.05, 0) is 20.3 Å². The summed E-state index contributed by atoms with van der Waals surface area (Å²) in [5, 5.41) is 14.9. The molecule has 0 aromatic carbocycles. The number of rotatable bonds is 12. The molecule has 2 N–H and O–H groups in total. The van der Waals surface area contributed by atoms with Gasteiger partial charge in [0.25, 0.3) is 0 Å². The number of hydrogen-bond donors (Lipinski definition) is 2.